The lowest BCUT2D eigenvalue weighted by atomic mass is 10.0. The third kappa shape index (κ3) is 1.96. The standard InChI is InChI=1S/C16H17N5/c1-10-8-11(2)21-15(19-20-16(21)18-10)13-5-6-14-12(9-13)4-3-7-17-14/h5-6,8-9,17H,3-4,7H2,1-2H3. The Morgan fingerprint density at radius 1 is 1.14 bits per heavy atom. The summed E-state index contributed by atoms with van der Waals surface area (Å²) in [4.78, 5) is 4.45. The number of nitrogens with zero attached hydrogens (tertiary/aromatic N) is 4. The quantitative estimate of drug-likeness (QED) is 0.744. The Kier molecular flexibility index (Phi) is 2.67. The van der Waals surface area contributed by atoms with Crippen LogP contribution in [0.25, 0.3) is 17.2 Å². The van der Waals surface area contributed by atoms with Crippen molar-refractivity contribution < 1.29 is 0 Å². The minimum absolute atomic E-state index is 0.665. The zero-order chi connectivity index (χ0) is 14.4. The Balaban J connectivity index is 1.90. The van der Waals surface area contributed by atoms with Crippen LogP contribution in [0.1, 0.15) is 23.4 Å². The maximum atomic E-state index is 4.45. The van der Waals surface area contributed by atoms with Gasteiger partial charge in [0.05, 0.1) is 0 Å². The highest BCUT2D eigenvalue weighted by Crippen LogP contribution is 2.28. The molecule has 2 aromatic heterocycles. The summed E-state index contributed by atoms with van der Waals surface area (Å²) in [5.74, 6) is 1.53. The zero-order valence-electron chi connectivity index (χ0n) is 12.2. The van der Waals surface area contributed by atoms with Crippen molar-refractivity contribution in [3.05, 3.63) is 41.2 Å². The van der Waals surface area contributed by atoms with Gasteiger partial charge in [-0.15, -0.1) is 10.2 Å². The second kappa shape index (κ2) is 4.55. The van der Waals surface area contributed by atoms with E-state index in [2.05, 4.69) is 51.7 Å². The highest BCUT2D eigenvalue weighted by atomic mass is 15.3. The molecular weight excluding hydrogens is 262 g/mol. The van der Waals surface area contributed by atoms with Gasteiger partial charge in [-0.3, -0.25) is 4.40 Å². The Hall–Kier alpha value is -2.43. The molecule has 0 bridgehead atoms. The van der Waals surface area contributed by atoms with Crippen LogP contribution in [0.3, 0.4) is 0 Å². The molecule has 0 unspecified atom stereocenters. The van der Waals surface area contributed by atoms with Crippen molar-refractivity contribution in [2.75, 3.05) is 11.9 Å². The lowest BCUT2D eigenvalue weighted by Crippen LogP contribution is -2.11. The molecule has 5 heteroatoms. The Labute approximate surface area is 123 Å². The average Bonchev–Trinajstić information content (AvgIpc) is 2.90. The van der Waals surface area contributed by atoms with Crippen molar-refractivity contribution in [2.24, 2.45) is 0 Å². The molecule has 4 rings (SSSR count). The molecule has 3 aromatic rings. The van der Waals surface area contributed by atoms with Gasteiger partial charge in [-0.1, -0.05) is 0 Å². The first kappa shape index (κ1) is 12.3. The van der Waals surface area contributed by atoms with Crippen molar-refractivity contribution in [2.45, 2.75) is 26.7 Å². The van der Waals surface area contributed by atoms with Gasteiger partial charge in [-0.2, -0.15) is 0 Å². The number of aryl methyl sites for hydroxylation is 3. The summed E-state index contributed by atoms with van der Waals surface area (Å²) < 4.78 is 2.02. The highest BCUT2D eigenvalue weighted by Gasteiger charge is 2.14. The van der Waals surface area contributed by atoms with Crippen LogP contribution in [-0.2, 0) is 6.42 Å². The zero-order valence-corrected chi connectivity index (χ0v) is 12.2. The van der Waals surface area contributed by atoms with Gasteiger partial charge in [0, 0.05) is 29.2 Å². The molecule has 1 aliphatic heterocycles. The number of hydrogen-bond donors (Lipinski definition) is 1. The molecule has 0 fully saturated rings. The molecule has 1 aliphatic rings. The largest absolute Gasteiger partial charge is 0.385 e. The van der Waals surface area contributed by atoms with Crippen LogP contribution < -0.4 is 5.32 Å². The van der Waals surface area contributed by atoms with E-state index < -0.39 is 0 Å². The Morgan fingerprint density at radius 3 is 2.95 bits per heavy atom. The Morgan fingerprint density at radius 2 is 2.05 bits per heavy atom. The first-order valence-electron chi connectivity index (χ1n) is 7.29. The second-order valence-corrected chi connectivity index (χ2v) is 5.60. The van der Waals surface area contributed by atoms with Gasteiger partial charge in [0.2, 0.25) is 0 Å². The smallest absolute Gasteiger partial charge is 0.255 e. The third-order valence-electron chi connectivity index (χ3n) is 3.99. The van der Waals surface area contributed by atoms with Crippen LogP contribution in [0, 0.1) is 13.8 Å². The van der Waals surface area contributed by atoms with E-state index in [0.717, 1.165) is 35.7 Å². The van der Waals surface area contributed by atoms with Crippen LogP contribution >= 0.6 is 0 Å². The van der Waals surface area contributed by atoms with Crippen molar-refractivity contribution in [1.29, 1.82) is 0 Å². The number of anilines is 1. The molecule has 3 heterocycles. The molecule has 0 radical (unpaired) electrons. The van der Waals surface area contributed by atoms with E-state index in [9.17, 15) is 0 Å². The molecule has 0 atom stereocenters. The van der Waals surface area contributed by atoms with Gasteiger partial charge in [-0.05, 0) is 56.5 Å². The van der Waals surface area contributed by atoms with E-state index >= 15 is 0 Å². The average molecular weight is 279 g/mol. The first-order chi connectivity index (χ1) is 10.2. The van der Waals surface area contributed by atoms with E-state index in [1.54, 1.807) is 0 Å². The Bertz CT molecular complexity index is 834. The van der Waals surface area contributed by atoms with Gasteiger partial charge in [-0.25, -0.2) is 4.98 Å². The van der Waals surface area contributed by atoms with E-state index in [-0.39, 0.29) is 0 Å². The van der Waals surface area contributed by atoms with Gasteiger partial charge in [0.1, 0.15) is 0 Å². The molecule has 106 valence electrons. The molecule has 0 amide bonds. The van der Waals surface area contributed by atoms with Gasteiger partial charge < -0.3 is 5.32 Å². The lowest BCUT2D eigenvalue weighted by Gasteiger charge is -2.18. The summed E-state index contributed by atoms with van der Waals surface area (Å²) in [5.41, 5.74) is 5.76. The van der Waals surface area contributed by atoms with Gasteiger partial charge in [0.15, 0.2) is 5.82 Å². The van der Waals surface area contributed by atoms with Crippen molar-refractivity contribution in [3.63, 3.8) is 0 Å². The number of aromatic nitrogens is 4. The molecule has 1 N–H and O–H groups in total. The van der Waals surface area contributed by atoms with Gasteiger partial charge in [0.25, 0.3) is 5.78 Å². The van der Waals surface area contributed by atoms with Crippen LogP contribution in [0.2, 0.25) is 0 Å². The minimum Gasteiger partial charge on any atom is -0.385 e. The molecule has 5 nitrogen and oxygen atoms in total. The van der Waals surface area contributed by atoms with E-state index in [0.29, 0.717) is 5.78 Å². The third-order valence-corrected chi connectivity index (χ3v) is 3.99. The minimum atomic E-state index is 0.665. The first-order valence-corrected chi connectivity index (χ1v) is 7.29. The molecule has 0 spiro atoms. The monoisotopic (exact) mass is 279 g/mol. The fourth-order valence-corrected chi connectivity index (χ4v) is 3.03. The van der Waals surface area contributed by atoms with Crippen molar-refractivity contribution in [3.8, 4) is 11.4 Å². The van der Waals surface area contributed by atoms with E-state index in [1.807, 2.05) is 11.3 Å². The fourth-order valence-electron chi connectivity index (χ4n) is 3.03. The SMILES string of the molecule is Cc1cc(C)n2c(-c3ccc4c(c3)CCCN4)nnc2n1. The number of fused-ring (bicyclic) bond motifs is 2. The molecule has 0 saturated heterocycles. The summed E-state index contributed by atoms with van der Waals surface area (Å²) >= 11 is 0. The van der Waals surface area contributed by atoms with E-state index in [4.69, 9.17) is 0 Å². The summed E-state index contributed by atoms with van der Waals surface area (Å²) in [6, 6.07) is 8.52. The van der Waals surface area contributed by atoms with Crippen molar-refractivity contribution in [1.82, 2.24) is 19.6 Å². The maximum Gasteiger partial charge on any atom is 0.255 e. The van der Waals surface area contributed by atoms with Crippen LogP contribution in [-0.4, -0.2) is 26.1 Å². The second-order valence-electron chi connectivity index (χ2n) is 5.60. The van der Waals surface area contributed by atoms with Crippen LogP contribution in [0.4, 0.5) is 5.69 Å². The predicted octanol–water partition coefficient (Wildman–Crippen LogP) is 2.77. The summed E-state index contributed by atoms with van der Waals surface area (Å²) in [5, 5.41) is 12.0. The summed E-state index contributed by atoms with van der Waals surface area (Å²) in [6.07, 6.45) is 2.29. The number of rotatable bonds is 1. The van der Waals surface area contributed by atoms with Gasteiger partial charge >= 0.3 is 0 Å². The number of nitrogens with one attached hydrogen (secondary N) is 1. The van der Waals surface area contributed by atoms with Crippen LogP contribution in [0.15, 0.2) is 24.3 Å². The molecule has 1 aromatic carbocycles. The maximum absolute atomic E-state index is 4.45. The number of hydrogen-bond acceptors (Lipinski definition) is 4. The molecule has 0 saturated carbocycles. The lowest BCUT2D eigenvalue weighted by molar-refractivity contribution is 0.830. The normalized spacial score (nSPS) is 14.0. The predicted molar refractivity (Wildman–Crippen MR) is 82.5 cm³/mol. The molecule has 21 heavy (non-hydrogen) atoms. The number of benzene rings is 1. The topological polar surface area (TPSA) is 55.1 Å². The molecule has 0 aliphatic carbocycles. The summed E-state index contributed by atoms with van der Waals surface area (Å²) in [6.45, 7) is 5.10. The highest BCUT2D eigenvalue weighted by molar-refractivity contribution is 5.66. The van der Waals surface area contributed by atoms with Crippen molar-refractivity contribution >= 4 is 11.5 Å². The van der Waals surface area contributed by atoms with Crippen LogP contribution in [0.5, 0.6) is 0 Å². The van der Waals surface area contributed by atoms with E-state index in [1.165, 1.54) is 17.7 Å². The molecular formula is C16H17N5. The summed E-state index contributed by atoms with van der Waals surface area (Å²) in [7, 11) is 0. The fraction of sp³-hybridized carbons (Fsp3) is 0.312.